The van der Waals surface area contributed by atoms with Crippen molar-refractivity contribution < 1.29 is 4.21 Å². The van der Waals surface area contributed by atoms with Crippen LogP contribution in [0.4, 0.5) is 5.69 Å². The van der Waals surface area contributed by atoms with E-state index in [9.17, 15) is 4.21 Å². The summed E-state index contributed by atoms with van der Waals surface area (Å²) in [7, 11) is -1.10. The molecule has 0 aliphatic carbocycles. The van der Waals surface area contributed by atoms with Gasteiger partial charge in [0.2, 0.25) is 0 Å². The fourth-order valence-corrected chi connectivity index (χ4v) is 3.27. The third-order valence-electron chi connectivity index (χ3n) is 2.73. The van der Waals surface area contributed by atoms with Crippen LogP contribution in [0.5, 0.6) is 0 Å². The number of anilines is 1. The summed E-state index contributed by atoms with van der Waals surface area (Å²) in [6.07, 6.45) is 0. The third kappa shape index (κ3) is 2.92. The van der Waals surface area contributed by atoms with Gasteiger partial charge in [-0.2, -0.15) is 0 Å². The van der Waals surface area contributed by atoms with E-state index < -0.39 is 10.8 Å². The van der Waals surface area contributed by atoms with Crippen molar-refractivity contribution in [3.63, 3.8) is 0 Å². The lowest BCUT2D eigenvalue weighted by atomic mass is 10.2. The molecule has 0 amide bonds. The van der Waals surface area contributed by atoms with Gasteiger partial charge in [-0.05, 0) is 42.3 Å². The predicted octanol–water partition coefficient (Wildman–Crippen LogP) is 3.54. The topological polar surface area (TPSA) is 43.1 Å². The van der Waals surface area contributed by atoms with Crippen molar-refractivity contribution in [1.82, 2.24) is 0 Å². The zero-order chi connectivity index (χ0) is 13.1. The first-order valence-corrected chi connectivity index (χ1v) is 7.25. The molecular weight excluding hydrogens is 266 g/mol. The van der Waals surface area contributed by atoms with Crippen LogP contribution in [0.3, 0.4) is 0 Å². The average molecular weight is 280 g/mol. The van der Waals surface area contributed by atoms with Gasteiger partial charge >= 0.3 is 0 Å². The van der Waals surface area contributed by atoms with Crippen LogP contribution in [-0.4, -0.2) is 4.21 Å². The number of benzene rings is 2. The van der Waals surface area contributed by atoms with Crippen molar-refractivity contribution in [1.29, 1.82) is 0 Å². The highest BCUT2D eigenvalue weighted by atomic mass is 35.5. The van der Waals surface area contributed by atoms with Crippen LogP contribution in [0.15, 0.2) is 47.4 Å². The molecule has 0 spiro atoms. The van der Waals surface area contributed by atoms with E-state index in [0.717, 1.165) is 16.0 Å². The molecule has 4 heteroatoms. The number of hydrogen-bond donors (Lipinski definition) is 1. The second-order valence-electron chi connectivity index (χ2n) is 4.10. The van der Waals surface area contributed by atoms with Gasteiger partial charge in [0.15, 0.2) is 0 Å². The van der Waals surface area contributed by atoms with Crippen molar-refractivity contribution in [2.24, 2.45) is 0 Å². The molecule has 0 bridgehead atoms. The molecule has 94 valence electrons. The molecule has 0 aromatic heterocycles. The van der Waals surface area contributed by atoms with E-state index in [1.165, 1.54) is 0 Å². The highest BCUT2D eigenvalue weighted by Gasteiger charge is 2.10. The highest BCUT2D eigenvalue weighted by Crippen LogP contribution is 2.22. The van der Waals surface area contributed by atoms with Crippen LogP contribution in [0.1, 0.15) is 11.1 Å². The van der Waals surface area contributed by atoms with E-state index >= 15 is 0 Å². The molecule has 0 fully saturated rings. The first kappa shape index (κ1) is 13.1. The Hall–Kier alpha value is -1.32. The molecule has 18 heavy (non-hydrogen) atoms. The van der Waals surface area contributed by atoms with E-state index in [1.54, 1.807) is 18.2 Å². The molecule has 2 rings (SSSR count). The third-order valence-corrected chi connectivity index (χ3v) is 4.49. The minimum Gasteiger partial charge on any atom is -0.398 e. The van der Waals surface area contributed by atoms with Crippen molar-refractivity contribution in [3.05, 3.63) is 58.6 Å². The van der Waals surface area contributed by atoms with Gasteiger partial charge in [0, 0.05) is 15.6 Å². The Morgan fingerprint density at radius 1 is 1.22 bits per heavy atom. The lowest BCUT2D eigenvalue weighted by molar-refractivity contribution is 0.682. The molecule has 0 saturated heterocycles. The van der Waals surface area contributed by atoms with Crippen molar-refractivity contribution in [2.75, 3.05) is 5.73 Å². The van der Waals surface area contributed by atoms with E-state index in [-0.39, 0.29) is 0 Å². The average Bonchev–Trinajstić information content (AvgIpc) is 2.34. The lowest BCUT2D eigenvalue weighted by Crippen LogP contribution is -2.01. The van der Waals surface area contributed by atoms with Crippen LogP contribution < -0.4 is 5.73 Å². The summed E-state index contributed by atoms with van der Waals surface area (Å²) in [6.45, 7) is 1.95. The van der Waals surface area contributed by atoms with Gasteiger partial charge in [-0.15, -0.1) is 0 Å². The number of rotatable bonds is 3. The number of nitrogen functional groups attached to an aromatic ring is 1. The molecule has 0 heterocycles. The summed E-state index contributed by atoms with van der Waals surface area (Å²) < 4.78 is 12.3. The SMILES string of the molecule is Cc1ccccc1S(=O)Cc1cc(Cl)ccc1N. The molecule has 2 N–H and O–H groups in total. The van der Waals surface area contributed by atoms with Crippen molar-refractivity contribution in [2.45, 2.75) is 17.6 Å². The van der Waals surface area contributed by atoms with E-state index in [0.29, 0.717) is 16.5 Å². The van der Waals surface area contributed by atoms with E-state index in [4.69, 9.17) is 17.3 Å². The van der Waals surface area contributed by atoms with Crippen molar-refractivity contribution >= 4 is 28.1 Å². The number of halogens is 1. The Balaban J connectivity index is 2.27. The second-order valence-corrected chi connectivity index (χ2v) is 5.95. The summed E-state index contributed by atoms with van der Waals surface area (Å²) in [6, 6.07) is 12.9. The number of hydrogen-bond acceptors (Lipinski definition) is 2. The zero-order valence-corrected chi connectivity index (χ0v) is 11.6. The second kappa shape index (κ2) is 5.55. The van der Waals surface area contributed by atoms with Crippen LogP contribution in [0.25, 0.3) is 0 Å². The molecule has 2 aromatic rings. The van der Waals surface area contributed by atoms with Crippen LogP contribution in [-0.2, 0) is 16.6 Å². The van der Waals surface area contributed by atoms with E-state index in [2.05, 4.69) is 0 Å². The lowest BCUT2D eigenvalue weighted by Gasteiger charge is -2.08. The molecule has 1 atom stereocenters. The first-order valence-electron chi connectivity index (χ1n) is 5.56. The summed E-state index contributed by atoms with van der Waals surface area (Å²) in [5.41, 5.74) is 8.33. The van der Waals surface area contributed by atoms with Gasteiger partial charge in [-0.25, -0.2) is 0 Å². The maximum absolute atomic E-state index is 12.3. The molecule has 0 aliphatic heterocycles. The monoisotopic (exact) mass is 279 g/mol. The zero-order valence-electron chi connectivity index (χ0n) is 10.0. The van der Waals surface area contributed by atoms with Gasteiger partial charge in [0.25, 0.3) is 0 Å². The quantitative estimate of drug-likeness (QED) is 0.874. The van der Waals surface area contributed by atoms with Gasteiger partial charge in [0.1, 0.15) is 0 Å². The molecular formula is C14H14ClNOS. The summed E-state index contributed by atoms with van der Waals surface area (Å²) >= 11 is 5.92. The molecule has 0 saturated carbocycles. The molecule has 0 aliphatic rings. The Morgan fingerprint density at radius 3 is 2.67 bits per heavy atom. The molecule has 2 nitrogen and oxygen atoms in total. The minimum atomic E-state index is -1.10. The largest absolute Gasteiger partial charge is 0.398 e. The standard InChI is InChI=1S/C14H14ClNOS/c1-10-4-2-3-5-14(10)18(17)9-11-8-12(15)6-7-13(11)16/h2-8H,9,16H2,1H3. The van der Waals surface area contributed by atoms with Gasteiger partial charge in [0.05, 0.1) is 16.6 Å². The Bertz CT molecular complexity index is 598. The maximum Gasteiger partial charge on any atom is 0.0577 e. The molecule has 1 unspecified atom stereocenters. The van der Waals surface area contributed by atoms with E-state index in [1.807, 2.05) is 31.2 Å². The Morgan fingerprint density at radius 2 is 1.94 bits per heavy atom. The van der Waals surface area contributed by atoms with Crippen LogP contribution >= 0.6 is 11.6 Å². The summed E-state index contributed by atoms with van der Waals surface area (Å²) in [4.78, 5) is 0.844. The minimum absolute atomic E-state index is 0.386. The van der Waals surface area contributed by atoms with Gasteiger partial charge in [-0.1, -0.05) is 29.8 Å². The normalized spacial score (nSPS) is 12.3. The van der Waals surface area contributed by atoms with Gasteiger partial charge < -0.3 is 5.73 Å². The molecule has 2 aromatic carbocycles. The summed E-state index contributed by atoms with van der Waals surface area (Å²) in [5.74, 6) is 0.386. The fraction of sp³-hybridized carbons (Fsp3) is 0.143. The van der Waals surface area contributed by atoms with Crippen LogP contribution in [0.2, 0.25) is 5.02 Å². The fourth-order valence-electron chi connectivity index (χ4n) is 1.73. The number of aryl methyl sites for hydroxylation is 1. The smallest absolute Gasteiger partial charge is 0.0577 e. The highest BCUT2D eigenvalue weighted by molar-refractivity contribution is 7.84. The Labute approximate surface area is 114 Å². The van der Waals surface area contributed by atoms with Gasteiger partial charge in [-0.3, -0.25) is 4.21 Å². The van der Waals surface area contributed by atoms with Crippen LogP contribution in [0, 0.1) is 6.92 Å². The molecule has 0 radical (unpaired) electrons. The first-order chi connectivity index (χ1) is 8.58. The summed E-state index contributed by atoms with van der Waals surface area (Å²) in [5, 5.41) is 0.612. The number of nitrogens with two attached hydrogens (primary N) is 1. The Kier molecular flexibility index (Phi) is 4.04. The predicted molar refractivity (Wildman–Crippen MR) is 77.2 cm³/mol. The van der Waals surface area contributed by atoms with Crippen molar-refractivity contribution in [3.8, 4) is 0 Å². The maximum atomic E-state index is 12.3.